The highest BCUT2D eigenvalue weighted by molar-refractivity contribution is 5.70. The van der Waals surface area contributed by atoms with Gasteiger partial charge in [0.05, 0.1) is 19.3 Å². The first-order chi connectivity index (χ1) is 9.79. The second-order valence-electron chi connectivity index (χ2n) is 5.32. The van der Waals surface area contributed by atoms with Crippen molar-refractivity contribution in [1.29, 1.82) is 0 Å². The second-order valence-corrected chi connectivity index (χ2v) is 5.32. The molecule has 4 heteroatoms. The highest BCUT2D eigenvalue weighted by atomic mass is 16.5. The molecule has 0 spiro atoms. The number of benzene rings is 1. The molecule has 4 atom stereocenters. The zero-order valence-electron chi connectivity index (χ0n) is 11.1. The van der Waals surface area contributed by atoms with E-state index in [2.05, 4.69) is 36.4 Å². The molecular formula is C16H15NO3. The van der Waals surface area contributed by atoms with Crippen LogP contribution in [-0.2, 0) is 9.47 Å². The first kappa shape index (κ1) is 11.7. The number of methoxy groups -OCH3 is 1. The summed E-state index contributed by atoms with van der Waals surface area (Å²) in [5.41, 5.74) is 2.56. The number of ether oxygens (including phenoxy) is 2. The second kappa shape index (κ2) is 4.21. The molecule has 0 saturated carbocycles. The summed E-state index contributed by atoms with van der Waals surface area (Å²) in [6.45, 7) is 0. The fourth-order valence-electron chi connectivity index (χ4n) is 3.45. The van der Waals surface area contributed by atoms with Crippen LogP contribution < -0.4 is 0 Å². The van der Waals surface area contributed by atoms with E-state index >= 15 is 0 Å². The largest absolute Gasteiger partial charge is 0.452 e. The van der Waals surface area contributed by atoms with E-state index in [9.17, 15) is 4.79 Å². The van der Waals surface area contributed by atoms with Crippen molar-refractivity contribution in [2.45, 2.75) is 12.2 Å². The van der Waals surface area contributed by atoms with Crippen molar-refractivity contribution in [2.24, 2.45) is 11.8 Å². The Morgan fingerprint density at radius 3 is 2.15 bits per heavy atom. The lowest BCUT2D eigenvalue weighted by atomic mass is 9.76. The lowest BCUT2D eigenvalue weighted by Crippen LogP contribution is -2.19. The van der Waals surface area contributed by atoms with Crippen LogP contribution in [0.15, 0.2) is 48.8 Å². The minimum absolute atomic E-state index is 0.0969. The third kappa shape index (κ3) is 1.48. The van der Waals surface area contributed by atoms with Crippen LogP contribution in [0.4, 0.5) is 4.79 Å². The van der Waals surface area contributed by atoms with Crippen LogP contribution in [0.2, 0.25) is 0 Å². The van der Waals surface area contributed by atoms with Crippen molar-refractivity contribution < 1.29 is 14.3 Å². The maximum Gasteiger partial charge on any atom is 0.417 e. The molecule has 4 nitrogen and oxygen atoms in total. The number of rotatable bonds is 0. The third-order valence-electron chi connectivity index (χ3n) is 4.37. The number of hydrogen-bond donors (Lipinski definition) is 0. The van der Waals surface area contributed by atoms with Gasteiger partial charge in [0.1, 0.15) is 0 Å². The summed E-state index contributed by atoms with van der Waals surface area (Å²) in [5, 5.41) is 0. The maximum absolute atomic E-state index is 11.6. The van der Waals surface area contributed by atoms with Gasteiger partial charge in [-0.3, -0.25) is 4.90 Å². The molecule has 1 fully saturated rings. The summed E-state index contributed by atoms with van der Waals surface area (Å²) in [6.07, 6.45) is 7.49. The maximum atomic E-state index is 11.6. The van der Waals surface area contributed by atoms with E-state index in [0.717, 1.165) is 0 Å². The number of hydrogen-bond acceptors (Lipinski definition) is 3. The van der Waals surface area contributed by atoms with E-state index in [-0.39, 0.29) is 30.1 Å². The average molecular weight is 269 g/mol. The molecule has 3 aliphatic heterocycles. The zero-order valence-corrected chi connectivity index (χ0v) is 11.1. The van der Waals surface area contributed by atoms with Crippen molar-refractivity contribution in [1.82, 2.24) is 4.90 Å². The molecule has 0 unspecified atom stereocenters. The Kier molecular flexibility index (Phi) is 2.47. The normalized spacial score (nSPS) is 32.8. The Morgan fingerprint density at radius 1 is 1.10 bits per heavy atom. The number of nitrogens with zero attached hydrogens (tertiary/aromatic N) is 1. The first-order valence-corrected chi connectivity index (χ1v) is 6.77. The summed E-state index contributed by atoms with van der Waals surface area (Å²) in [4.78, 5) is 13.1. The monoisotopic (exact) mass is 269 g/mol. The van der Waals surface area contributed by atoms with E-state index in [1.54, 1.807) is 12.4 Å². The minimum Gasteiger partial charge on any atom is -0.452 e. The van der Waals surface area contributed by atoms with Gasteiger partial charge >= 0.3 is 6.09 Å². The van der Waals surface area contributed by atoms with Crippen LogP contribution in [0, 0.1) is 11.8 Å². The van der Waals surface area contributed by atoms with Crippen LogP contribution in [0.5, 0.6) is 0 Å². The standard InChI is InChI=1S/C16H15NO3/c1-19-16(18)17-8-6-12-13(7-9-17)15-11-5-3-2-4-10(11)14(12)20-15/h2-9,12-15H,1H3/t12-,13-,14+,15+/m1/s1. The minimum atomic E-state index is -0.372. The van der Waals surface area contributed by atoms with Crippen molar-refractivity contribution in [3.8, 4) is 0 Å². The fourth-order valence-corrected chi connectivity index (χ4v) is 3.45. The van der Waals surface area contributed by atoms with Crippen molar-refractivity contribution in [2.75, 3.05) is 7.11 Å². The van der Waals surface area contributed by atoms with E-state index in [1.807, 2.05) is 0 Å². The first-order valence-electron chi connectivity index (χ1n) is 6.77. The molecular weight excluding hydrogens is 254 g/mol. The van der Waals surface area contributed by atoms with Gasteiger partial charge < -0.3 is 9.47 Å². The van der Waals surface area contributed by atoms with Crippen molar-refractivity contribution >= 4 is 6.09 Å². The molecule has 1 aromatic carbocycles. The molecule has 0 aromatic heterocycles. The van der Waals surface area contributed by atoms with Crippen LogP contribution in [0.1, 0.15) is 23.3 Å². The van der Waals surface area contributed by atoms with E-state index in [1.165, 1.54) is 23.1 Å². The lowest BCUT2D eigenvalue weighted by Gasteiger charge is -2.24. The van der Waals surface area contributed by atoms with Crippen molar-refractivity contribution in [3.05, 3.63) is 59.9 Å². The zero-order chi connectivity index (χ0) is 13.7. The number of amides is 1. The summed E-state index contributed by atoms with van der Waals surface area (Å²) in [6, 6.07) is 8.37. The molecule has 3 heterocycles. The fraction of sp³-hybridized carbons (Fsp3) is 0.312. The highest BCUT2D eigenvalue weighted by Gasteiger charge is 2.50. The molecule has 102 valence electrons. The molecule has 1 aromatic rings. The summed E-state index contributed by atoms with van der Waals surface area (Å²) in [5.74, 6) is 0.557. The molecule has 2 bridgehead atoms. The Labute approximate surface area is 117 Å². The summed E-state index contributed by atoms with van der Waals surface area (Å²) >= 11 is 0. The molecule has 0 radical (unpaired) electrons. The van der Waals surface area contributed by atoms with Gasteiger partial charge in [-0.25, -0.2) is 4.79 Å². The summed E-state index contributed by atoms with van der Waals surface area (Å²) < 4.78 is 10.9. The van der Waals surface area contributed by atoms with Gasteiger partial charge in [0.15, 0.2) is 0 Å². The van der Waals surface area contributed by atoms with Crippen molar-refractivity contribution in [3.63, 3.8) is 0 Å². The molecule has 1 amide bonds. The van der Waals surface area contributed by atoms with E-state index < -0.39 is 0 Å². The van der Waals surface area contributed by atoms with Crippen LogP contribution in [-0.4, -0.2) is 18.1 Å². The molecule has 0 aliphatic carbocycles. The van der Waals surface area contributed by atoms with Crippen LogP contribution in [0.25, 0.3) is 0 Å². The summed E-state index contributed by atoms with van der Waals surface area (Å²) in [7, 11) is 1.39. The molecule has 3 aliphatic rings. The number of carbonyl (C=O) groups excluding carboxylic acids is 1. The predicted octanol–water partition coefficient (Wildman–Crippen LogP) is 3.15. The van der Waals surface area contributed by atoms with Gasteiger partial charge in [0.25, 0.3) is 0 Å². The molecule has 4 rings (SSSR count). The van der Waals surface area contributed by atoms with Gasteiger partial charge in [0, 0.05) is 24.2 Å². The van der Waals surface area contributed by atoms with Crippen LogP contribution in [0.3, 0.4) is 0 Å². The van der Waals surface area contributed by atoms with Gasteiger partial charge in [-0.1, -0.05) is 36.4 Å². The lowest BCUT2D eigenvalue weighted by molar-refractivity contribution is 0.0598. The quantitative estimate of drug-likeness (QED) is 0.726. The smallest absolute Gasteiger partial charge is 0.417 e. The highest BCUT2D eigenvalue weighted by Crippen LogP contribution is 2.58. The SMILES string of the molecule is COC(=O)N1C=C[C@@H]2[C@@H](C=C1)[C@H]1O[C@H]2c2ccccc21. The average Bonchev–Trinajstić information content (AvgIpc) is 2.95. The molecule has 1 saturated heterocycles. The van der Waals surface area contributed by atoms with Gasteiger partial charge in [-0.05, 0) is 11.1 Å². The Balaban J connectivity index is 1.71. The predicted molar refractivity (Wildman–Crippen MR) is 72.5 cm³/mol. The van der Waals surface area contributed by atoms with Gasteiger partial charge in [0.2, 0.25) is 0 Å². The molecule has 20 heavy (non-hydrogen) atoms. The van der Waals surface area contributed by atoms with Gasteiger partial charge in [-0.2, -0.15) is 0 Å². The molecule has 0 N–H and O–H groups in total. The topological polar surface area (TPSA) is 38.8 Å². The van der Waals surface area contributed by atoms with E-state index in [0.29, 0.717) is 0 Å². The van der Waals surface area contributed by atoms with Gasteiger partial charge in [-0.15, -0.1) is 0 Å². The van der Waals surface area contributed by atoms with Crippen LogP contribution >= 0.6 is 0 Å². The number of fused-ring (bicyclic) bond motifs is 8. The Morgan fingerprint density at radius 2 is 1.65 bits per heavy atom. The Bertz CT molecular complexity index is 577. The Hall–Kier alpha value is -2.07. The third-order valence-corrected chi connectivity index (χ3v) is 4.37. The van der Waals surface area contributed by atoms with E-state index in [4.69, 9.17) is 9.47 Å². The number of carbonyl (C=O) groups is 1.